The monoisotopic (exact) mass is 295 g/mol. The van der Waals surface area contributed by atoms with E-state index in [9.17, 15) is 0 Å². The molecule has 3 heteroatoms. The highest BCUT2D eigenvalue weighted by Crippen LogP contribution is 2.30. The zero-order valence-corrected chi connectivity index (χ0v) is 12.3. The largest absolute Gasteiger partial charge is 0.289 e. The van der Waals surface area contributed by atoms with Crippen LogP contribution in [0.25, 0.3) is 38.8 Å². The number of para-hydroxylation sites is 3. The molecule has 0 bridgehead atoms. The lowest BCUT2D eigenvalue weighted by Crippen LogP contribution is -1.94. The van der Waals surface area contributed by atoms with E-state index in [1.54, 1.807) is 0 Å². The topological polar surface area (TPSA) is 30.2 Å². The number of imidazole rings is 1. The van der Waals surface area contributed by atoms with Crippen molar-refractivity contribution in [3.8, 4) is 11.1 Å². The number of hydrogen-bond acceptors (Lipinski definition) is 2. The summed E-state index contributed by atoms with van der Waals surface area (Å²) in [7, 11) is 0. The molecule has 0 N–H and O–H groups in total. The number of aromatic nitrogens is 3. The molecular formula is C20H13N3. The van der Waals surface area contributed by atoms with E-state index in [1.807, 2.05) is 30.5 Å². The molecule has 3 nitrogen and oxygen atoms in total. The quantitative estimate of drug-likeness (QED) is 0.448. The predicted octanol–water partition coefficient (Wildman–Crippen LogP) is 4.70. The standard InChI is InChI=1S/C20H13N3/c1-2-7-14(8-3-1)15-9-6-11-17-20(15)23-18-12-5-4-10-16(18)22-19(23)13-21-17/h1-13H. The van der Waals surface area contributed by atoms with Crippen molar-refractivity contribution in [3.63, 3.8) is 0 Å². The van der Waals surface area contributed by atoms with Gasteiger partial charge in [-0.15, -0.1) is 0 Å². The van der Waals surface area contributed by atoms with Crippen LogP contribution in [0.4, 0.5) is 0 Å². The Hall–Kier alpha value is -3.20. The highest BCUT2D eigenvalue weighted by Gasteiger charge is 2.12. The second-order valence-electron chi connectivity index (χ2n) is 5.59. The van der Waals surface area contributed by atoms with Crippen LogP contribution in [-0.2, 0) is 0 Å². The van der Waals surface area contributed by atoms with Gasteiger partial charge in [-0.25, -0.2) is 4.98 Å². The maximum absolute atomic E-state index is 4.70. The van der Waals surface area contributed by atoms with Crippen LogP contribution >= 0.6 is 0 Å². The molecule has 5 aromatic rings. The third kappa shape index (κ3) is 1.77. The maximum Gasteiger partial charge on any atom is 0.157 e. The van der Waals surface area contributed by atoms with Crippen LogP contribution in [0.5, 0.6) is 0 Å². The summed E-state index contributed by atoms with van der Waals surface area (Å²) < 4.78 is 2.21. The molecule has 0 aliphatic heterocycles. The highest BCUT2D eigenvalue weighted by molar-refractivity contribution is 5.97. The molecule has 3 aromatic carbocycles. The Bertz CT molecular complexity index is 1160. The van der Waals surface area contributed by atoms with Crippen LogP contribution in [0.2, 0.25) is 0 Å². The van der Waals surface area contributed by atoms with Crippen molar-refractivity contribution < 1.29 is 0 Å². The molecule has 0 aliphatic carbocycles. The van der Waals surface area contributed by atoms with Crippen molar-refractivity contribution in [1.82, 2.24) is 14.4 Å². The van der Waals surface area contributed by atoms with Crippen LogP contribution in [0.1, 0.15) is 0 Å². The minimum atomic E-state index is 0.877. The minimum absolute atomic E-state index is 0.877. The highest BCUT2D eigenvalue weighted by atomic mass is 15.0. The van der Waals surface area contributed by atoms with E-state index < -0.39 is 0 Å². The molecule has 0 saturated heterocycles. The molecule has 0 saturated carbocycles. The third-order valence-corrected chi connectivity index (χ3v) is 4.23. The van der Waals surface area contributed by atoms with Crippen molar-refractivity contribution in [2.45, 2.75) is 0 Å². The molecular weight excluding hydrogens is 282 g/mol. The van der Waals surface area contributed by atoms with Crippen LogP contribution in [0.15, 0.2) is 79.0 Å². The smallest absolute Gasteiger partial charge is 0.157 e. The van der Waals surface area contributed by atoms with E-state index >= 15 is 0 Å². The van der Waals surface area contributed by atoms with Gasteiger partial charge in [-0.1, -0.05) is 54.6 Å². The van der Waals surface area contributed by atoms with E-state index in [1.165, 1.54) is 11.1 Å². The number of fused-ring (bicyclic) bond motifs is 5. The van der Waals surface area contributed by atoms with Crippen molar-refractivity contribution in [1.29, 1.82) is 0 Å². The summed E-state index contributed by atoms with van der Waals surface area (Å²) in [5.41, 5.74) is 7.41. The molecule has 5 rings (SSSR count). The number of benzene rings is 3. The number of nitrogens with zero attached hydrogens (tertiary/aromatic N) is 3. The Morgan fingerprint density at radius 2 is 1.48 bits per heavy atom. The van der Waals surface area contributed by atoms with Gasteiger partial charge >= 0.3 is 0 Å². The van der Waals surface area contributed by atoms with Crippen LogP contribution < -0.4 is 0 Å². The van der Waals surface area contributed by atoms with Crippen molar-refractivity contribution >= 4 is 27.7 Å². The lowest BCUT2D eigenvalue weighted by atomic mass is 10.0. The fourth-order valence-corrected chi connectivity index (χ4v) is 3.21. The van der Waals surface area contributed by atoms with Crippen molar-refractivity contribution in [2.75, 3.05) is 0 Å². The first kappa shape index (κ1) is 12.4. The molecule has 2 aromatic heterocycles. The van der Waals surface area contributed by atoms with Gasteiger partial charge in [-0.3, -0.25) is 9.38 Å². The normalized spacial score (nSPS) is 11.5. The van der Waals surface area contributed by atoms with E-state index in [0.29, 0.717) is 0 Å². The summed E-state index contributed by atoms with van der Waals surface area (Å²) in [5, 5.41) is 0. The molecule has 0 radical (unpaired) electrons. The maximum atomic E-state index is 4.70. The van der Waals surface area contributed by atoms with Gasteiger partial charge in [0.1, 0.15) is 0 Å². The predicted molar refractivity (Wildman–Crippen MR) is 93.4 cm³/mol. The van der Waals surface area contributed by atoms with Gasteiger partial charge < -0.3 is 0 Å². The molecule has 0 fully saturated rings. The Morgan fingerprint density at radius 1 is 0.696 bits per heavy atom. The van der Waals surface area contributed by atoms with Gasteiger partial charge in [0, 0.05) is 5.56 Å². The molecule has 0 unspecified atom stereocenters. The molecule has 0 amide bonds. The summed E-state index contributed by atoms with van der Waals surface area (Å²) in [4.78, 5) is 9.31. The van der Waals surface area contributed by atoms with Gasteiger partial charge in [0.25, 0.3) is 0 Å². The van der Waals surface area contributed by atoms with Crippen LogP contribution in [0, 0.1) is 0 Å². The van der Waals surface area contributed by atoms with Gasteiger partial charge in [-0.2, -0.15) is 0 Å². The number of hydrogen-bond donors (Lipinski definition) is 0. The summed E-state index contributed by atoms with van der Waals surface area (Å²) in [6.07, 6.45) is 1.84. The first-order valence-corrected chi connectivity index (χ1v) is 7.62. The molecule has 0 aliphatic rings. The van der Waals surface area contributed by atoms with Crippen LogP contribution in [0.3, 0.4) is 0 Å². The van der Waals surface area contributed by atoms with Crippen LogP contribution in [-0.4, -0.2) is 14.4 Å². The number of rotatable bonds is 1. The Morgan fingerprint density at radius 3 is 2.39 bits per heavy atom. The van der Waals surface area contributed by atoms with E-state index in [0.717, 1.165) is 27.7 Å². The van der Waals surface area contributed by atoms with Gasteiger partial charge in [0.05, 0.1) is 28.3 Å². The van der Waals surface area contributed by atoms with E-state index in [4.69, 9.17) is 4.98 Å². The average Bonchev–Trinajstić information content (AvgIpc) is 3.01. The Balaban J connectivity index is 2.04. The summed E-state index contributed by atoms with van der Waals surface area (Å²) in [6, 6.07) is 24.9. The second-order valence-corrected chi connectivity index (χ2v) is 5.59. The van der Waals surface area contributed by atoms with Gasteiger partial charge in [-0.05, 0) is 23.8 Å². The van der Waals surface area contributed by atoms with E-state index in [2.05, 4.69) is 57.9 Å². The third-order valence-electron chi connectivity index (χ3n) is 4.23. The fraction of sp³-hybridized carbons (Fsp3) is 0. The molecule has 2 heterocycles. The van der Waals surface area contributed by atoms with E-state index in [-0.39, 0.29) is 0 Å². The second kappa shape index (κ2) is 4.65. The lowest BCUT2D eigenvalue weighted by Gasteiger charge is -2.09. The van der Waals surface area contributed by atoms with Crippen molar-refractivity contribution in [3.05, 3.63) is 79.0 Å². The van der Waals surface area contributed by atoms with Gasteiger partial charge in [0.2, 0.25) is 0 Å². The minimum Gasteiger partial charge on any atom is -0.289 e. The SMILES string of the molecule is c1ccc(-c2cccc3ncc4nc5ccccc5n4c23)cc1. The first-order valence-electron chi connectivity index (χ1n) is 7.62. The summed E-state index contributed by atoms with van der Waals surface area (Å²) >= 11 is 0. The van der Waals surface area contributed by atoms with Gasteiger partial charge in [0.15, 0.2) is 5.65 Å². The summed E-state index contributed by atoms with van der Waals surface area (Å²) in [5.74, 6) is 0. The zero-order valence-electron chi connectivity index (χ0n) is 12.3. The zero-order chi connectivity index (χ0) is 15.2. The molecule has 23 heavy (non-hydrogen) atoms. The molecule has 108 valence electrons. The molecule has 0 atom stereocenters. The first-order chi connectivity index (χ1) is 11.4. The fourth-order valence-electron chi connectivity index (χ4n) is 3.21. The average molecular weight is 295 g/mol. The summed E-state index contributed by atoms with van der Waals surface area (Å²) in [6.45, 7) is 0. The molecule has 0 spiro atoms. The lowest BCUT2D eigenvalue weighted by molar-refractivity contribution is 1.24. The Kier molecular flexibility index (Phi) is 2.50. The Labute approximate surface area is 132 Å². The van der Waals surface area contributed by atoms with Crippen molar-refractivity contribution in [2.24, 2.45) is 0 Å².